The van der Waals surface area contributed by atoms with Crippen molar-refractivity contribution in [2.45, 2.75) is 20.3 Å². The summed E-state index contributed by atoms with van der Waals surface area (Å²) in [6, 6.07) is 0. The molecule has 0 aromatic heterocycles. The molecular weight excluding hydrogens is 298 g/mol. The molecular formula is C16H31N3O4. The van der Waals surface area contributed by atoms with Gasteiger partial charge in [-0.15, -0.1) is 0 Å². The number of guanidine groups is 1. The fourth-order valence-electron chi connectivity index (χ4n) is 2.62. The molecule has 0 bridgehead atoms. The largest absolute Gasteiger partial charge is 0.469 e. The minimum atomic E-state index is -0.137. The van der Waals surface area contributed by atoms with Gasteiger partial charge in [0.25, 0.3) is 0 Å². The lowest BCUT2D eigenvalue weighted by Crippen LogP contribution is -2.40. The molecule has 134 valence electrons. The number of likely N-dealkylation sites (tertiary alicyclic amines) is 1. The molecule has 23 heavy (non-hydrogen) atoms. The lowest BCUT2D eigenvalue weighted by atomic mass is 9.99. The third-order valence-corrected chi connectivity index (χ3v) is 3.89. The molecule has 1 saturated heterocycles. The van der Waals surface area contributed by atoms with E-state index in [1.165, 1.54) is 7.11 Å². The first-order chi connectivity index (χ1) is 11.1. The average Bonchev–Trinajstić information content (AvgIpc) is 2.94. The Morgan fingerprint density at radius 3 is 2.70 bits per heavy atom. The fourth-order valence-corrected chi connectivity index (χ4v) is 2.62. The topological polar surface area (TPSA) is 72.4 Å². The molecule has 1 aliphatic heterocycles. The second kappa shape index (κ2) is 11.2. The maximum Gasteiger partial charge on any atom is 0.310 e. The predicted octanol–water partition coefficient (Wildman–Crippen LogP) is 0.746. The Labute approximate surface area is 139 Å². The van der Waals surface area contributed by atoms with E-state index in [2.05, 4.69) is 22.1 Å². The number of aliphatic imine (C=N–C) groups is 1. The zero-order chi connectivity index (χ0) is 17.1. The van der Waals surface area contributed by atoms with Crippen LogP contribution in [0.3, 0.4) is 0 Å². The molecule has 1 rings (SSSR count). The van der Waals surface area contributed by atoms with Gasteiger partial charge >= 0.3 is 5.97 Å². The van der Waals surface area contributed by atoms with Gasteiger partial charge in [-0.25, -0.2) is 0 Å². The normalized spacial score (nSPS) is 21.6. The summed E-state index contributed by atoms with van der Waals surface area (Å²) in [7, 11) is 3.11. The van der Waals surface area contributed by atoms with Crippen molar-refractivity contribution < 1.29 is 19.0 Å². The van der Waals surface area contributed by atoms with Crippen molar-refractivity contribution in [1.82, 2.24) is 10.2 Å². The van der Waals surface area contributed by atoms with Crippen LogP contribution in [-0.4, -0.2) is 77.0 Å². The van der Waals surface area contributed by atoms with Crippen LogP contribution in [0.25, 0.3) is 0 Å². The number of carbonyl (C=O) groups is 1. The van der Waals surface area contributed by atoms with Crippen LogP contribution in [0.2, 0.25) is 0 Å². The van der Waals surface area contributed by atoms with Crippen LogP contribution in [0, 0.1) is 11.8 Å². The number of ether oxygens (including phenoxy) is 3. The highest BCUT2D eigenvalue weighted by Gasteiger charge is 2.36. The van der Waals surface area contributed by atoms with Gasteiger partial charge in [0.2, 0.25) is 0 Å². The number of nitrogens with one attached hydrogen (secondary N) is 1. The average molecular weight is 329 g/mol. The van der Waals surface area contributed by atoms with E-state index >= 15 is 0 Å². The third-order valence-electron chi connectivity index (χ3n) is 3.89. The van der Waals surface area contributed by atoms with Gasteiger partial charge in [0.15, 0.2) is 5.96 Å². The van der Waals surface area contributed by atoms with Crippen molar-refractivity contribution in [3.8, 4) is 0 Å². The van der Waals surface area contributed by atoms with Gasteiger partial charge in [0.1, 0.15) is 0 Å². The van der Waals surface area contributed by atoms with Gasteiger partial charge in [-0.3, -0.25) is 9.79 Å². The van der Waals surface area contributed by atoms with E-state index in [0.717, 1.165) is 25.5 Å². The van der Waals surface area contributed by atoms with Crippen molar-refractivity contribution in [2.75, 3.05) is 60.2 Å². The summed E-state index contributed by atoms with van der Waals surface area (Å²) in [4.78, 5) is 18.6. The highest BCUT2D eigenvalue weighted by Crippen LogP contribution is 2.24. The standard InChI is InChI=1S/C16H31N3O4/c1-5-17-16(18-7-6-8-23-10-9-21-3)19-11-13(2)14(12-19)15(20)22-4/h13-14H,5-12H2,1-4H3,(H,17,18). The van der Waals surface area contributed by atoms with Gasteiger partial charge in [0.05, 0.1) is 26.2 Å². The highest BCUT2D eigenvalue weighted by atomic mass is 16.5. The summed E-state index contributed by atoms with van der Waals surface area (Å²) in [6.45, 7) is 9.00. The molecule has 0 radical (unpaired) electrons. The quantitative estimate of drug-likeness (QED) is 0.291. The Bertz CT molecular complexity index is 376. The lowest BCUT2D eigenvalue weighted by Gasteiger charge is -2.21. The van der Waals surface area contributed by atoms with Crippen molar-refractivity contribution in [3.05, 3.63) is 0 Å². The predicted molar refractivity (Wildman–Crippen MR) is 89.5 cm³/mol. The first kappa shape index (κ1) is 19.7. The van der Waals surface area contributed by atoms with Crippen molar-refractivity contribution in [1.29, 1.82) is 0 Å². The van der Waals surface area contributed by atoms with Crippen LogP contribution in [0.5, 0.6) is 0 Å². The number of hydrogen-bond acceptors (Lipinski definition) is 5. The summed E-state index contributed by atoms with van der Waals surface area (Å²) in [5.41, 5.74) is 0. The fraction of sp³-hybridized carbons (Fsp3) is 0.875. The van der Waals surface area contributed by atoms with Crippen LogP contribution >= 0.6 is 0 Å². The molecule has 2 unspecified atom stereocenters. The Morgan fingerprint density at radius 1 is 1.26 bits per heavy atom. The number of rotatable bonds is 9. The highest BCUT2D eigenvalue weighted by molar-refractivity contribution is 5.82. The van der Waals surface area contributed by atoms with E-state index in [9.17, 15) is 4.79 Å². The minimum absolute atomic E-state index is 0.0822. The molecule has 0 saturated carbocycles. The Kier molecular flexibility index (Phi) is 9.63. The Hall–Kier alpha value is -1.34. The Morgan fingerprint density at radius 2 is 2.04 bits per heavy atom. The second-order valence-electron chi connectivity index (χ2n) is 5.71. The van der Waals surface area contributed by atoms with E-state index in [1.807, 2.05) is 6.92 Å². The van der Waals surface area contributed by atoms with E-state index < -0.39 is 0 Å². The van der Waals surface area contributed by atoms with Crippen LogP contribution in [0.1, 0.15) is 20.3 Å². The van der Waals surface area contributed by atoms with Gasteiger partial charge in [-0.2, -0.15) is 0 Å². The molecule has 0 amide bonds. The molecule has 1 N–H and O–H groups in total. The molecule has 7 nitrogen and oxygen atoms in total. The van der Waals surface area contributed by atoms with Crippen LogP contribution in [0.4, 0.5) is 0 Å². The SMILES string of the molecule is CCNC(=NCCCOCCOC)N1CC(C)C(C(=O)OC)C1. The summed E-state index contributed by atoms with van der Waals surface area (Å²) >= 11 is 0. The molecule has 0 spiro atoms. The first-order valence-electron chi connectivity index (χ1n) is 8.31. The maximum absolute atomic E-state index is 11.8. The molecule has 1 heterocycles. The number of nitrogens with zero attached hydrogens (tertiary/aromatic N) is 2. The summed E-state index contributed by atoms with van der Waals surface area (Å²) in [5.74, 6) is 0.912. The molecule has 1 aliphatic rings. The smallest absolute Gasteiger partial charge is 0.310 e. The van der Waals surface area contributed by atoms with Gasteiger partial charge in [-0.05, 0) is 19.3 Å². The number of carbonyl (C=O) groups excluding carboxylic acids is 1. The zero-order valence-electron chi connectivity index (χ0n) is 14.8. The second-order valence-corrected chi connectivity index (χ2v) is 5.71. The van der Waals surface area contributed by atoms with E-state index in [0.29, 0.717) is 32.9 Å². The van der Waals surface area contributed by atoms with Crippen LogP contribution in [0.15, 0.2) is 4.99 Å². The van der Waals surface area contributed by atoms with Crippen molar-refractivity contribution in [2.24, 2.45) is 16.8 Å². The van der Waals surface area contributed by atoms with E-state index in [-0.39, 0.29) is 17.8 Å². The number of hydrogen-bond donors (Lipinski definition) is 1. The van der Waals surface area contributed by atoms with Gasteiger partial charge < -0.3 is 24.4 Å². The summed E-state index contributed by atoms with van der Waals surface area (Å²) < 4.78 is 15.2. The summed E-state index contributed by atoms with van der Waals surface area (Å²) in [6.07, 6.45) is 0.864. The lowest BCUT2D eigenvalue weighted by molar-refractivity contribution is -0.145. The van der Waals surface area contributed by atoms with Gasteiger partial charge in [0, 0.05) is 39.9 Å². The summed E-state index contributed by atoms with van der Waals surface area (Å²) in [5, 5.41) is 3.30. The molecule has 2 atom stereocenters. The first-order valence-corrected chi connectivity index (χ1v) is 8.31. The monoisotopic (exact) mass is 329 g/mol. The molecule has 0 aliphatic carbocycles. The minimum Gasteiger partial charge on any atom is -0.469 e. The molecule has 7 heteroatoms. The van der Waals surface area contributed by atoms with Crippen molar-refractivity contribution in [3.63, 3.8) is 0 Å². The van der Waals surface area contributed by atoms with Crippen molar-refractivity contribution >= 4 is 11.9 Å². The van der Waals surface area contributed by atoms with Crippen LogP contribution < -0.4 is 5.32 Å². The zero-order valence-corrected chi connectivity index (χ0v) is 14.8. The maximum atomic E-state index is 11.8. The van der Waals surface area contributed by atoms with Gasteiger partial charge in [-0.1, -0.05) is 6.92 Å². The molecule has 0 aromatic carbocycles. The number of esters is 1. The Balaban J connectivity index is 2.44. The molecule has 0 aromatic rings. The van der Waals surface area contributed by atoms with E-state index in [1.54, 1.807) is 7.11 Å². The number of methoxy groups -OCH3 is 2. The third kappa shape index (κ3) is 6.74. The molecule has 1 fully saturated rings. The van der Waals surface area contributed by atoms with Crippen LogP contribution in [-0.2, 0) is 19.0 Å². The van der Waals surface area contributed by atoms with E-state index in [4.69, 9.17) is 14.2 Å².